The number of fused-ring (bicyclic) bond motifs is 1. The van der Waals surface area contributed by atoms with E-state index in [2.05, 4.69) is 60.0 Å². The van der Waals surface area contributed by atoms with E-state index in [1.54, 1.807) is 11.3 Å². The van der Waals surface area contributed by atoms with Crippen LogP contribution in [0.15, 0.2) is 54.6 Å². The van der Waals surface area contributed by atoms with E-state index in [4.69, 9.17) is 15.0 Å². The Morgan fingerprint density at radius 2 is 1.76 bits per heavy atom. The van der Waals surface area contributed by atoms with Crippen molar-refractivity contribution < 1.29 is 5.11 Å². The van der Waals surface area contributed by atoms with Gasteiger partial charge in [0.1, 0.15) is 5.82 Å². The summed E-state index contributed by atoms with van der Waals surface area (Å²) in [5, 5.41) is 17.6. The van der Waals surface area contributed by atoms with Crippen LogP contribution >= 0.6 is 11.3 Å². The first kappa shape index (κ1) is 22.7. The van der Waals surface area contributed by atoms with Crippen molar-refractivity contribution in [3.8, 4) is 0 Å². The molecule has 0 atom stereocenters. The highest BCUT2D eigenvalue weighted by atomic mass is 32.1. The maximum absolute atomic E-state index is 9.84. The Labute approximate surface area is 204 Å². The molecule has 2 heterocycles. The fourth-order valence-corrected chi connectivity index (χ4v) is 5.44. The lowest BCUT2D eigenvalue weighted by molar-refractivity contribution is 0.126. The summed E-state index contributed by atoms with van der Waals surface area (Å²) in [6, 6.07) is 19.2. The van der Waals surface area contributed by atoms with Gasteiger partial charge >= 0.3 is 0 Å². The largest absolute Gasteiger partial charge is 0.393 e. The van der Waals surface area contributed by atoms with E-state index in [0.717, 1.165) is 67.1 Å². The minimum atomic E-state index is -0.183. The van der Waals surface area contributed by atoms with Gasteiger partial charge in [-0.1, -0.05) is 61.1 Å². The van der Waals surface area contributed by atoms with Gasteiger partial charge < -0.3 is 15.7 Å². The Morgan fingerprint density at radius 1 is 0.941 bits per heavy atom. The SMILES string of the molecule is CCCc1ccc2nc(Nc3cc(Cc4ccccc4)nc(NC4CCC(O)CC4)n3)sc2c1. The quantitative estimate of drug-likeness (QED) is 0.287. The third kappa shape index (κ3) is 5.72. The van der Waals surface area contributed by atoms with Crippen LogP contribution in [0.2, 0.25) is 0 Å². The van der Waals surface area contributed by atoms with E-state index >= 15 is 0 Å². The Kier molecular flexibility index (Phi) is 7.02. The monoisotopic (exact) mass is 473 g/mol. The Hall–Kier alpha value is -3.03. The third-order valence-electron chi connectivity index (χ3n) is 6.26. The van der Waals surface area contributed by atoms with Crippen LogP contribution in [0, 0.1) is 0 Å². The minimum absolute atomic E-state index is 0.183. The Bertz CT molecular complexity index is 1230. The molecule has 7 heteroatoms. The summed E-state index contributed by atoms with van der Waals surface area (Å²) in [6.07, 6.45) is 6.25. The second-order valence-electron chi connectivity index (χ2n) is 9.08. The lowest BCUT2D eigenvalue weighted by Crippen LogP contribution is -2.29. The molecular weight excluding hydrogens is 442 g/mol. The highest BCUT2D eigenvalue weighted by molar-refractivity contribution is 7.22. The van der Waals surface area contributed by atoms with Crippen LogP contribution in [-0.2, 0) is 12.8 Å². The Morgan fingerprint density at radius 3 is 2.56 bits per heavy atom. The van der Waals surface area contributed by atoms with Crippen LogP contribution in [-0.4, -0.2) is 32.2 Å². The molecule has 1 saturated carbocycles. The fraction of sp³-hybridized carbons (Fsp3) is 0.370. The molecule has 2 aromatic carbocycles. The predicted molar refractivity (Wildman–Crippen MR) is 140 cm³/mol. The van der Waals surface area contributed by atoms with Crippen molar-refractivity contribution >= 4 is 38.5 Å². The van der Waals surface area contributed by atoms with Crippen LogP contribution in [0.1, 0.15) is 55.8 Å². The molecule has 1 fully saturated rings. The van der Waals surface area contributed by atoms with Crippen LogP contribution in [0.4, 0.5) is 16.9 Å². The van der Waals surface area contributed by atoms with Gasteiger partial charge in [0, 0.05) is 18.5 Å². The molecule has 2 aromatic heterocycles. The van der Waals surface area contributed by atoms with Crippen molar-refractivity contribution in [2.24, 2.45) is 0 Å². The van der Waals surface area contributed by atoms with Crippen molar-refractivity contribution in [2.75, 3.05) is 10.6 Å². The van der Waals surface area contributed by atoms with Crippen molar-refractivity contribution in [2.45, 2.75) is 64.0 Å². The van der Waals surface area contributed by atoms with E-state index in [0.29, 0.717) is 5.95 Å². The predicted octanol–water partition coefficient (Wildman–Crippen LogP) is 6.09. The van der Waals surface area contributed by atoms with Crippen LogP contribution < -0.4 is 10.6 Å². The molecule has 0 amide bonds. The maximum atomic E-state index is 9.84. The summed E-state index contributed by atoms with van der Waals surface area (Å²) < 4.78 is 1.19. The lowest BCUT2D eigenvalue weighted by Gasteiger charge is -2.26. The summed E-state index contributed by atoms with van der Waals surface area (Å²) in [6.45, 7) is 2.20. The number of anilines is 3. The first-order valence-electron chi connectivity index (χ1n) is 12.2. The van der Waals surface area contributed by atoms with Gasteiger partial charge in [-0.3, -0.25) is 0 Å². The first-order chi connectivity index (χ1) is 16.6. The van der Waals surface area contributed by atoms with Crippen molar-refractivity contribution in [1.29, 1.82) is 0 Å². The molecular formula is C27H31N5OS. The normalized spacial score (nSPS) is 18.2. The molecule has 6 nitrogen and oxygen atoms in total. The maximum Gasteiger partial charge on any atom is 0.225 e. The number of nitrogens with one attached hydrogen (secondary N) is 2. The smallest absolute Gasteiger partial charge is 0.225 e. The van der Waals surface area contributed by atoms with Gasteiger partial charge in [0.05, 0.1) is 22.0 Å². The molecule has 0 unspecified atom stereocenters. The van der Waals surface area contributed by atoms with E-state index in [1.807, 2.05) is 12.1 Å². The number of aromatic nitrogens is 3. The zero-order chi connectivity index (χ0) is 23.3. The van der Waals surface area contributed by atoms with Gasteiger partial charge in [-0.05, 0) is 55.4 Å². The van der Waals surface area contributed by atoms with E-state index in [-0.39, 0.29) is 12.1 Å². The van der Waals surface area contributed by atoms with Crippen LogP contribution in [0.25, 0.3) is 10.2 Å². The summed E-state index contributed by atoms with van der Waals surface area (Å²) >= 11 is 1.65. The van der Waals surface area contributed by atoms with Gasteiger partial charge in [-0.25, -0.2) is 9.97 Å². The summed E-state index contributed by atoms with van der Waals surface area (Å²) in [5.41, 5.74) is 4.52. The second-order valence-corrected chi connectivity index (χ2v) is 10.1. The molecule has 0 aliphatic heterocycles. The van der Waals surface area contributed by atoms with E-state index < -0.39 is 0 Å². The molecule has 4 aromatic rings. The van der Waals surface area contributed by atoms with Gasteiger partial charge in [0.15, 0.2) is 5.13 Å². The van der Waals surface area contributed by atoms with Gasteiger partial charge in [0.2, 0.25) is 5.95 Å². The van der Waals surface area contributed by atoms with Crippen LogP contribution in [0.3, 0.4) is 0 Å². The zero-order valence-electron chi connectivity index (χ0n) is 19.5. The number of thiazole rings is 1. The molecule has 3 N–H and O–H groups in total. The van der Waals surface area contributed by atoms with Gasteiger partial charge in [-0.2, -0.15) is 4.98 Å². The average molecular weight is 474 g/mol. The number of aliphatic hydroxyl groups is 1. The Balaban J connectivity index is 1.40. The first-order valence-corrected chi connectivity index (χ1v) is 13.0. The number of aliphatic hydroxyl groups excluding tert-OH is 1. The van der Waals surface area contributed by atoms with Crippen molar-refractivity contribution in [3.05, 3.63) is 71.4 Å². The van der Waals surface area contributed by atoms with Crippen molar-refractivity contribution in [3.63, 3.8) is 0 Å². The number of hydrogen-bond donors (Lipinski definition) is 3. The molecule has 0 bridgehead atoms. The number of benzene rings is 2. The molecule has 0 radical (unpaired) electrons. The summed E-state index contributed by atoms with van der Waals surface area (Å²) in [4.78, 5) is 14.4. The second kappa shape index (κ2) is 10.5. The number of nitrogens with zero attached hydrogens (tertiary/aromatic N) is 3. The van der Waals surface area contributed by atoms with Gasteiger partial charge in [0.25, 0.3) is 0 Å². The molecule has 34 heavy (non-hydrogen) atoms. The van der Waals surface area contributed by atoms with E-state index in [9.17, 15) is 5.11 Å². The highest BCUT2D eigenvalue weighted by Gasteiger charge is 2.20. The average Bonchev–Trinajstić information content (AvgIpc) is 3.23. The highest BCUT2D eigenvalue weighted by Crippen LogP contribution is 2.30. The topological polar surface area (TPSA) is 83.0 Å². The molecule has 176 valence electrons. The zero-order valence-corrected chi connectivity index (χ0v) is 20.3. The number of aryl methyl sites for hydroxylation is 1. The fourth-order valence-electron chi connectivity index (χ4n) is 4.50. The minimum Gasteiger partial charge on any atom is -0.393 e. The van der Waals surface area contributed by atoms with Gasteiger partial charge in [-0.15, -0.1) is 0 Å². The summed E-state index contributed by atoms with van der Waals surface area (Å²) in [7, 11) is 0. The van der Waals surface area contributed by atoms with Crippen LogP contribution in [0.5, 0.6) is 0 Å². The molecule has 1 aliphatic rings. The van der Waals surface area contributed by atoms with Crippen molar-refractivity contribution in [1.82, 2.24) is 15.0 Å². The third-order valence-corrected chi connectivity index (χ3v) is 7.20. The molecule has 1 aliphatic carbocycles. The van der Waals surface area contributed by atoms with E-state index in [1.165, 1.54) is 15.8 Å². The number of rotatable bonds is 8. The molecule has 0 saturated heterocycles. The lowest BCUT2D eigenvalue weighted by atomic mass is 9.93. The molecule has 5 rings (SSSR count). The summed E-state index contributed by atoms with van der Waals surface area (Å²) in [5.74, 6) is 1.37. The number of hydrogen-bond acceptors (Lipinski definition) is 7. The molecule has 0 spiro atoms. The standard InChI is InChI=1S/C27H31N5OS/c1-2-6-18-9-14-23-24(16-18)34-27(30-23)32-25-17-21(15-19-7-4-3-5-8-19)29-26(31-25)28-20-10-12-22(33)13-11-20/h3-5,7-9,14,16-17,20,22,33H,2,6,10-13,15H2,1H3,(H2,28,29,30,31,32).